The molecule has 0 radical (unpaired) electrons. The maximum atomic E-state index is 14.0. The summed E-state index contributed by atoms with van der Waals surface area (Å²) in [5.74, 6) is 0.936. The smallest absolute Gasteiger partial charge is 0.407 e. The van der Waals surface area contributed by atoms with Crippen LogP contribution in [0.1, 0.15) is 73.1 Å². The molecular weight excluding hydrogens is 781 g/mol. The number of hydrogen-bond acceptors (Lipinski definition) is 10. The van der Waals surface area contributed by atoms with Crippen molar-refractivity contribution in [3.8, 4) is 33.6 Å². The van der Waals surface area contributed by atoms with Crippen molar-refractivity contribution >= 4 is 24.0 Å². The van der Waals surface area contributed by atoms with Gasteiger partial charge in [0.15, 0.2) is 0 Å². The van der Waals surface area contributed by atoms with Crippen LogP contribution in [0.5, 0.6) is 0 Å². The van der Waals surface area contributed by atoms with E-state index >= 15 is 0 Å². The Morgan fingerprint density at radius 1 is 0.770 bits per heavy atom. The van der Waals surface area contributed by atoms with E-state index in [1.165, 1.54) is 21.3 Å². The lowest BCUT2D eigenvalue weighted by Gasteiger charge is -2.30. The number of aromatic amines is 2. The van der Waals surface area contributed by atoms with Gasteiger partial charge in [0.1, 0.15) is 23.7 Å². The lowest BCUT2D eigenvalue weighted by molar-refractivity contribution is -0.138. The number of fused-ring (bicyclic) bond motifs is 4. The largest absolute Gasteiger partial charge is 0.453 e. The quantitative estimate of drug-likeness (QED) is 0.112. The molecule has 5 aromatic rings. The monoisotopic (exact) mass is 830 g/mol. The topological polar surface area (TPSA) is 193 Å². The highest BCUT2D eigenvalue weighted by molar-refractivity contribution is 5.89. The first kappa shape index (κ1) is 41.2. The third-order valence-electron chi connectivity index (χ3n) is 12.1. The fourth-order valence-corrected chi connectivity index (χ4v) is 8.93. The van der Waals surface area contributed by atoms with Crippen LogP contribution in [0.2, 0.25) is 0 Å². The molecule has 0 aliphatic carbocycles. The molecule has 318 valence electrons. The number of H-pyrrole nitrogens is 2. The van der Waals surface area contributed by atoms with Crippen molar-refractivity contribution < 1.29 is 38.1 Å². The molecule has 3 aromatic carbocycles. The summed E-state index contributed by atoms with van der Waals surface area (Å²) >= 11 is 0. The molecule has 3 aliphatic heterocycles. The zero-order chi connectivity index (χ0) is 42.8. The van der Waals surface area contributed by atoms with Gasteiger partial charge in [-0.1, -0.05) is 72.8 Å². The van der Waals surface area contributed by atoms with E-state index in [0.29, 0.717) is 31.2 Å². The number of alkyl carbamates (subject to hydrolysis) is 2. The molecule has 2 bridgehead atoms. The van der Waals surface area contributed by atoms with E-state index in [1.807, 2.05) is 53.4 Å². The highest BCUT2D eigenvalue weighted by atomic mass is 16.5. The van der Waals surface area contributed by atoms with Gasteiger partial charge in [-0.05, 0) is 59.6 Å². The van der Waals surface area contributed by atoms with E-state index in [9.17, 15) is 19.2 Å². The first-order chi connectivity index (χ1) is 29.6. The number of ether oxygens (including phenoxy) is 4. The van der Waals surface area contributed by atoms with Crippen molar-refractivity contribution in [2.75, 3.05) is 41.6 Å². The average Bonchev–Trinajstić information content (AvgIpc) is 4.13. The predicted molar refractivity (Wildman–Crippen MR) is 224 cm³/mol. The molecule has 2 fully saturated rings. The highest BCUT2D eigenvalue weighted by Crippen LogP contribution is 2.47. The molecule has 0 unspecified atom stereocenters. The zero-order valence-electron chi connectivity index (χ0n) is 34.7. The van der Waals surface area contributed by atoms with E-state index < -0.39 is 30.4 Å². The van der Waals surface area contributed by atoms with Gasteiger partial charge < -0.3 is 49.3 Å². The van der Waals surface area contributed by atoms with Crippen molar-refractivity contribution in [2.24, 2.45) is 5.92 Å². The number of nitrogens with zero attached hydrogens (tertiary/aromatic N) is 4. The number of nitrogens with one attached hydrogen (secondary N) is 4. The normalized spacial score (nSPS) is 21.7. The van der Waals surface area contributed by atoms with Gasteiger partial charge in [0.2, 0.25) is 5.91 Å². The number of carbonyl (C=O) groups excluding carboxylic acids is 4. The Kier molecular flexibility index (Phi) is 11.9. The second kappa shape index (κ2) is 17.6. The van der Waals surface area contributed by atoms with Crippen LogP contribution < -0.4 is 10.6 Å². The van der Waals surface area contributed by atoms with Crippen molar-refractivity contribution in [3.63, 3.8) is 0 Å². The van der Waals surface area contributed by atoms with Gasteiger partial charge in [0.25, 0.3) is 5.91 Å². The Hall–Kier alpha value is -6.52. The molecule has 0 saturated carbocycles. The van der Waals surface area contributed by atoms with Gasteiger partial charge in [-0.15, -0.1) is 0 Å². The first-order valence-corrected chi connectivity index (χ1v) is 20.3. The second-order valence-corrected chi connectivity index (χ2v) is 15.7. The Bertz CT molecular complexity index is 2380. The molecule has 2 aromatic heterocycles. The van der Waals surface area contributed by atoms with Crippen molar-refractivity contribution in [2.45, 2.75) is 62.5 Å². The third kappa shape index (κ3) is 8.20. The number of hydrogen-bond donors (Lipinski definition) is 4. The summed E-state index contributed by atoms with van der Waals surface area (Å²) < 4.78 is 20.5. The van der Waals surface area contributed by atoms with Crippen LogP contribution >= 0.6 is 0 Å². The molecule has 4 N–H and O–H groups in total. The molecule has 16 nitrogen and oxygen atoms in total. The number of carbonyl (C=O) groups is 4. The zero-order valence-corrected chi connectivity index (χ0v) is 34.7. The molecule has 5 heterocycles. The van der Waals surface area contributed by atoms with E-state index in [2.05, 4.69) is 44.9 Å². The van der Waals surface area contributed by atoms with Crippen molar-refractivity contribution in [1.29, 1.82) is 0 Å². The minimum absolute atomic E-state index is 0.0789. The summed E-state index contributed by atoms with van der Waals surface area (Å²) in [7, 11) is 5.67. The van der Waals surface area contributed by atoms with Gasteiger partial charge in [0, 0.05) is 26.7 Å². The minimum atomic E-state index is -0.951. The Morgan fingerprint density at radius 3 is 1.93 bits per heavy atom. The summed E-state index contributed by atoms with van der Waals surface area (Å²) in [5, 5.41) is 5.36. The first-order valence-electron chi connectivity index (χ1n) is 20.3. The second-order valence-electron chi connectivity index (χ2n) is 15.7. The highest BCUT2D eigenvalue weighted by Gasteiger charge is 2.46. The molecular formula is C45H50N8O8. The Labute approximate surface area is 353 Å². The van der Waals surface area contributed by atoms with Crippen molar-refractivity contribution in [3.05, 3.63) is 108 Å². The van der Waals surface area contributed by atoms with Gasteiger partial charge in [0.05, 0.1) is 68.8 Å². The summed E-state index contributed by atoms with van der Waals surface area (Å²) in [6.07, 6.45) is 3.74. The van der Waals surface area contributed by atoms with E-state index in [0.717, 1.165) is 57.6 Å². The van der Waals surface area contributed by atoms with Crippen LogP contribution in [-0.2, 0) is 28.5 Å². The summed E-state index contributed by atoms with van der Waals surface area (Å²) in [6, 6.07) is 21.6. The molecule has 61 heavy (non-hydrogen) atoms. The van der Waals surface area contributed by atoms with E-state index in [-0.39, 0.29) is 35.9 Å². The maximum Gasteiger partial charge on any atom is 0.407 e. The fourth-order valence-electron chi connectivity index (χ4n) is 8.93. The third-order valence-corrected chi connectivity index (χ3v) is 12.1. The molecule has 8 rings (SSSR count). The van der Waals surface area contributed by atoms with Gasteiger partial charge in [-0.3, -0.25) is 9.59 Å². The molecule has 2 saturated heterocycles. The number of benzene rings is 3. The lowest BCUT2D eigenvalue weighted by Crippen LogP contribution is -2.54. The van der Waals surface area contributed by atoms with E-state index in [1.54, 1.807) is 31.3 Å². The summed E-state index contributed by atoms with van der Waals surface area (Å²) in [5.41, 5.74) is 7.35. The summed E-state index contributed by atoms with van der Waals surface area (Å²) in [6.45, 7) is 2.64. The predicted octanol–water partition coefficient (Wildman–Crippen LogP) is 6.24. The molecule has 0 spiro atoms. The maximum absolute atomic E-state index is 14.0. The fraction of sp³-hybridized carbons (Fsp3) is 0.378. The molecule has 3 aliphatic rings. The molecule has 4 amide bonds. The lowest BCUT2D eigenvalue weighted by atomic mass is 10.0. The minimum Gasteiger partial charge on any atom is -0.453 e. The van der Waals surface area contributed by atoms with Crippen molar-refractivity contribution in [1.82, 2.24) is 40.4 Å². The number of rotatable bonds is 12. The number of imidazole rings is 2. The van der Waals surface area contributed by atoms with Crippen LogP contribution in [0.15, 0.2) is 85.2 Å². The number of likely N-dealkylation sites (tertiary alicyclic amines) is 1. The SMILES string of the molecule is COC[C@H]1C[C@@H](c2ncc(-c3ccc(-c4ccc(-c5cnc([C@@H]6CC[C@@H]7c8cccc(c8)[C@@H](NC(=O)OC)C(=O)N76)[nH]5)cc4)cc3)[nH]2)N(C(=O)[C@@H](NC(=O)OC)[C@@H](C)OC)C1. The molecule has 7 atom stereocenters. The van der Waals surface area contributed by atoms with E-state index in [4.69, 9.17) is 28.9 Å². The Balaban J connectivity index is 0.955. The van der Waals surface area contributed by atoms with Crippen LogP contribution in [0, 0.1) is 5.92 Å². The average molecular weight is 831 g/mol. The summed E-state index contributed by atoms with van der Waals surface area (Å²) in [4.78, 5) is 72.4. The molecule has 16 heteroatoms. The number of amides is 4. The van der Waals surface area contributed by atoms with Gasteiger partial charge in [-0.2, -0.15) is 0 Å². The van der Waals surface area contributed by atoms with Crippen LogP contribution in [0.3, 0.4) is 0 Å². The number of methoxy groups -OCH3 is 4. The Morgan fingerprint density at radius 2 is 1.34 bits per heavy atom. The standard InChI is InChI=1S/C45H50N8O8/c1-25(59-3)38(50-44(56)60-4)42(54)52-23-26(24-58-2)19-37(52)41-47-22-34(49-41)30-15-11-28(12-16-30)27-9-13-29(14-10-27)33-21-46-40(48-33)36-18-17-35-31-7-6-8-32(20-31)39(43(55)53(35)36)51-45(57)61-5/h6-16,20-22,25-26,35-39H,17-19,23-24H2,1-5H3,(H,46,48)(H,47,49)(H,50,56)(H,51,57)/t25-,26+,35-,36+,37+,38+,39-/m1/s1. The van der Waals surface area contributed by atoms with Crippen LogP contribution in [0.4, 0.5) is 9.59 Å². The van der Waals surface area contributed by atoms with Crippen LogP contribution in [0.25, 0.3) is 33.6 Å². The number of aromatic nitrogens is 4. The van der Waals surface area contributed by atoms with Gasteiger partial charge in [-0.25, -0.2) is 19.6 Å². The van der Waals surface area contributed by atoms with Crippen LogP contribution in [-0.4, -0.2) is 107 Å². The van der Waals surface area contributed by atoms with Gasteiger partial charge >= 0.3 is 12.2 Å².